The van der Waals surface area contributed by atoms with Crippen LogP contribution >= 0.6 is 0 Å². The summed E-state index contributed by atoms with van der Waals surface area (Å²) in [4.78, 5) is 35.4. The first-order valence-corrected chi connectivity index (χ1v) is 10.6. The van der Waals surface area contributed by atoms with Crippen molar-refractivity contribution < 1.29 is 4.39 Å². The van der Waals surface area contributed by atoms with E-state index in [4.69, 9.17) is 4.98 Å². The number of aromatic nitrogens is 6. The molecule has 0 fully saturated rings. The molecular formula is C25H20FN7O. The molecule has 0 saturated heterocycles. The van der Waals surface area contributed by atoms with Crippen molar-refractivity contribution in [2.75, 3.05) is 5.32 Å². The minimum Gasteiger partial charge on any atom is -0.360 e. The van der Waals surface area contributed by atoms with E-state index in [2.05, 4.69) is 25.3 Å². The maximum atomic E-state index is 13.4. The fraction of sp³-hybridized carbons (Fsp3) is 0.120. The summed E-state index contributed by atoms with van der Waals surface area (Å²) >= 11 is 0. The van der Waals surface area contributed by atoms with Gasteiger partial charge in [0.25, 0.3) is 5.56 Å². The van der Waals surface area contributed by atoms with Gasteiger partial charge in [-0.1, -0.05) is 6.07 Å². The van der Waals surface area contributed by atoms with Crippen molar-refractivity contribution in [2.24, 2.45) is 0 Å². The summed E-state index contributed by atoms with van der Waals surface area (Å²) in [7, 11) is 0. The quantitative estimate of drug-likeness (QED) is 0.418. The molecule has 0 bridgehead atoms. The topological polar surface area (TPSA) is 98.5 Å². The van der Waals surface area contributed by atoms with Crippen LogP contribution in [0.3, 0.4) is 0 Å². The van der Waals surface area contributed by atoms with Gasteiger partial charge in [-0.25, -0.2) is 14.4 Å². The standard InChI is InChI=1S/C25H20FN7O/c1-16-11-29-20(13-28-16)14-30-23-25(34)33(15-17-3-2-10-27-12-17)24-22(31-23)9-8-21(32-24)18-4-6-19(26)7-5-18/h2-13H,14-15H2,1H3,(H,30,31). The average molecular weight is 453 g/mol. The fourth-order valence-corrected chi connectivity index (χ4v) is 3.52. The number of nitrogens with zero attached hydrogens (tertiary/aromatic N) is 6. The molecule has 0 aliphatic heterocycles. The van der Waals surface area contributed by atoms with E-state index in [1.165, 1.54) is 12.1 Å². The summed E-state index contributed by atoms with van der Waals surface area (Å²) in [6.45, 7) is 2.43. The van der Waals surface area contributed by atoms with Crippen LogP contribution in [0.2, 0.25) is 0 Å². The van der Waals surface area contributed by atoms with Gasteiger partial charge in [0.15, 0.2) is 11.5 Å². The van der Waals surface area contributed by atoms with Gasteiger partial charge >= 0.3 is 0 Å². The van der Waals surface area contributed by atoms with Gasteiger partial charge in [-0.2, -0.15) is 0 Å². The Labute approximate surface area is 194 Å². The van der Waals surface area contributed by atoms with E-state index in [0.29, 0.717) is 29.1 Å². The molecule has 4 heterocycles. The molecule has 0 radical (unpaired) electrons. The smallest absolute Gasteiger partial charge is 0.295 e. The summed E-state index contributed by atoms with van der Waals surface area (Å²) in [6, 6.07) is 13.4. The number of aryl methyl sites for hydroxylation is 1. The van der Waals surface area contributed by atoms with Crippen molar-refractivity contribution in [3.8, 4) is 11.3 Å². The van der Waals surface area contributed by atoms with Gasteiger partial charge < -0.3 is 5.32 Å². The van der Waals surface area contributed by atoms with Crippen molar-refractivity contribution in [3.63, 3.8) is 0 Å². The lowest BCUT2D eigenvalue weighted by atomic mass is 10.1. The first-order chi connectivity index (χ1) is 16.6. The zero-order chi connectivity index (χ0) is 23.5. The lowest BCUT2D eigenvalue weighted by Crippen LogP contribution is -2.27. The second-order valence-corrected chi connectivity index (χ2v) is 7.76. The molecule has 4 aromatic heterocycles. The van der Waals surface area contributed by atoms with Gasteiger partial charge in [0.1, 0.15) is 11.3 Å². The third-order valence-corrected chi connectivity index (χ3v) is 5.27. The van der Waals surface area contributed by atoms with Gasteiger partial charge in [0.2, 0.25) is 0 Å². The molecule has 0 unspecified atom stereocenters. The number of fused-ring (bicyclic) bond motifs is 1. The second kappa shape index (κ2) is 9.14. The van der Waals surface area contributed by atoms with E-state index in [9.17, 15) is 9.18 Å². The Morgan fingerprint density at radius 1 is 0.971 bits per heavy atom. The number of anilines is 1. The molecule has 9 heteroatoms. The number of hydrogen-bond donors (Lipinski definition) is 1. The van der Waals surface area contributed by atoms with Crippen LogP contribution < -0.4 is 10.9 Å². The zero-order valence-corrected chi connectivity index (χ0v) is 18.3. The maximum absolute atomic E-state index is 13.4. The molecule has 0 aliphatic rings. The van der Waals surface area contributed by atoms with Gasteiger partial charge in [-0.05, 0) is 55.0 Å². The third kappa shape index (κ3) is 4.49. The normalized spacial score (nSPS) is 11.0. The van der Waals surface area contributed by atoms with E-state index >= 15 is 0 Å². The van der Waals surface area contributed by atoms with Gasteiger partial charge in [-0.3, -0.25) is 24.3 Å². The zero-order valence-electron chi connectivity index (χ0n) is 18.3. The number of hydrogen-bond acceptors (Lipinski definition) is 7. The number of rotatable bonds is 6. The highest BCUT2D eigenvalue weighted by Crippen LogP contribution is 2.21. The molecule has 8 nitrogen and oxygen atoms in total. The predicted molar refractivity (Wildman–Crippen MR) is 127 cm³/mol. The highest BCUT2D eigenvalue weighted by atomic mass is 19.1. The molecule has 34 heavy (non-hydrogen) atoms. The van der Waals surface area contributed by atoms with Crippen LogP contribution in [-0.4, -0.2) is 29.5 Å². The van der Waals surface area contributed by atoms with Gasteiger partial charge in [-0.15, -0.1) is 0 Å². The molecule has 1 N–H and O–H groups in total. The summed E-state index contributed by atoms with van der Waals surface area (Å²) in [6.07, 6.45) is 6.72. The second-order valence-electron chi connectivity index (χ2n) is 7.76. The first kappa shape index (κ1) is 21.3. The summed E-state index contributed by atoms with van der Waals surface area (Å²) in [5.74, 6) is -0.135. The SMILES string of the molecule is Cc1cnc(CNc2nc3ccc(-c4ccc(F)cc4)nc3n(Cc3cccnc3)c2=O)cn1. The minimum absolute atomic E-state index is 0.190. The molecule has 0 aliphatic carbocycles. The third-order valence-electron chi connectivity index (χ3n) is 5.27. The van der Waals surface area contributed by atoms with Crippen molar-refractivity contribution in [1.29, 1.82) is 0 Å². The van der Waals surface area contributed by atoms with E-state index in [0.717, 1.165) is 16.8 Å². The van der Waals surface area contributed by atoms with Crippen LogP contribution in [0.5, 0.6) is 0 Å². The Bertz CT molecular complexity index is 1500. The first-order valence-electron chi connectivity index (χ1n) is 10.6. The van der Waals surface area contributed by atoms with Crippen LogP contribution in [0, 0.1) is 12.7 Å². The monoisotopic (exact) mass is 453 g/mol. The summed E-state index contributed by atoms with van der Waals surface area (Å²) in [5.41, 5.74) is 4.36. The number of halogens is 1. The van der Waals surface area contributed by atoms with Crippen LogP contribution in [0.25, 0.3) is 22.4 Å². The van der Waals surface area contributed by atoms with E-state index in [1.54, 1.807) is 53.6 Å². The van der Waals surface area contributed by atoms with Crippen LogP contribution in [0.4, 0.5) is 10.2 Å². The van der Waals surface area contributed by atoms with Crippen molar-refractivity contribution in [3.05, 3.63) is 106 Å². The van der Waals surface area contributed by atoms with E-state index in [-0.39, 0.29) is 23.7 Å². The van der Waals surface area contributed by atoms with Crippen LogP contribution in [0.15, 0.2) is 78.1 Å². The van der Waals surface area contributed by atoms with Crippen molar-refractivity contribution in [2.45, 2.75) is 20.0 Å². The maximum Gasteiger partial charge on any atom is 0.295 e. The molecular weight excluding hydrogens is 433 g/mol. The molecule has 0 atom stereocenters. The highest BCUT2D eigenvalue weighted by molar-refractivity contribution is 5.76. The average Bonchev–Trinajstić information content (AvgIpc) is 2.86. The Kier molecular flexibility index (Phi) is 5.73. The summed E-state index contributed by atoms with van der Waals surface area (Å²) < 4.78 is 14.9. The number of benzene rings is 1. The minimum atomic E-state index is -0.325. The van der Waals surface area contributed by atoms with E-state index < -0.39 is 0 Å². The Morgan fingerprint density at radius 3 is 2.56 bits per heavy atom. The summed E-state index contributed by atoms with van der Waals surface area (Å²) in [5, 5.41) is 3.09. The molecule has 1 aromatic carbocycles. The molecule has 168 valence electrons. The van der Waals surface area contributed by atoms with Gasteiger partial charge in [0, 0.05) is 24.2 Å². The highest BCUT2D eigenvalue weighted by Gasteiger charge is 2.14. The number of pyridine rings is 2. The van der Waals surface area contributed by atoms with Crippen LogP contribution in [0.1, 0.15) is 17.0 Å². The fourth-order valence-electron chi connectivity index (χ4n) is 3.52. The van der Waals surface area contributed by atoms with E-state index in [1.807, 2.05) is 19.1 Å². The lowest BCUT2D eigenvalue weighted by Gasteiger charge is -2.13. The predicted octanol–water partition coefficient (Wildman–Crippen LogP) is 3.75. The largest absolute Gasteiger partial charge is 0.360 e. The molecule has 0 spiro atoms. The van der Waals surface area contributed by atoms with Crippen molar-refractivity contribution in [1.82, 2.24) is 29.5 Å². The Balaban J connectivity index is 1.59. The van der Waals surface area contributed by atoms with Crippen LogP contribution in [-0.2, 0) is 13.1 Å². The van der Waals surface area contributed by atoms with Crippen molar-refractivity contribution >= 4 is 17.0 Å². The van der Waals surface area contributed by atoms with Gasteiger partial charge in [0.05, 0.1) is 36.4 Å². The number of nitrogens with one attached hydrogen (secondary N) is 1. The molecule has 5 aromatic rings. The molecule has 0 amide bonds. The Hall–Kier alpha value is -4.53. The lowest BCUT2D eigenvalue weighted by molar-refractivity contribution is 0.628. The Morgan fingerprint density at radius 2 is 1.82 bits per heavy atom. The molecule has 0 saturated carbocycles. The molecule has 5 rings (SSSR count).